The van der Waals surface area contributed by atoms with Gasteiger partial charge in [-0.1, -0.05) is 29.4 Å². The average molecular weight is 244 g/mol. The van der Waals surface area contributed by atoms with E-state index in [-0.39, 0.29) is 5.91 Å². The van der Waals surface area contributed by atoms with Crippen molar-refractivity contribution in [1.29, 1.82) is 0 Å². The standard InChI is InChI=1S/C14H16N2O2/c1-9-6-4-5-7-12(9)8-15-14(17)13-10(2)11(3)18-16-13/h4-7H,8H2,1-3H3,(H,15,17). The number of nitrogens with zero attached hydrogens (tertiary/aromatic N) is 1. The molecule has 2 rings (SSSR count). The number of carbonyl (C=O) groups is 1. The highest BCUT2D eigenvalue weighted by Crippen LogP contribution is 2.12. The molecule has 1 aromatic carbocycles. The number of aryl methyl sites for hydroxylation is 2. The lowest BCUT2D eigenvalue weighted by molar-refractivity contribution is 0.0941. The Bertz CT molecular complexity index is 573. The zero-order valence-electron chi connectivity index (χ0n) is 10.8. The van der Waals surface area contributed by atoms with E-state index in [9.17, 15) is 4.79 Å². The van der Waals surface area contributed by atoms with Crippen molar-refractivity contribution < 1.29 is 9.32 Å². The molecule has 18 heavy (non-hydrogen) atoms. The first-order valence-electron chi connectivity index (χ1n) is 5.85. The minimum Gasteiger partial charge on any atom is -0.361 e. The Hall–Kier alpha value is -2.10. The molecule has 0 aliphatic carbocycles. The number of benzene rings is 1. The Morgan fingerprint density at radius 3 is 2.61 bits per heavy atom. The van der Waals surface area contributed by atoms with Crippen molar-refractivity contribution in [2.24, 2.45) is 0 Å². The van der Waals surface area contributed by atoms with Gasteiger partial charge in [-0.25, -0.2) is 0 Å². The first-order valence-corrected chi connectivity index (χ1v) is 5.85. The van der Waals surface area contributed by atoms with Gasteiger partial charge in [-0.05, 0) is 31.9 Å². The number of hydrogen-bond acceptors (Lipinski definition) is 3. The SMILES string of the molecule is Cc1ccccc1CNC(=O)c1noc(C)c1C. The molecule has 0 radical (unpaired) electrons. The molecule has 1 aromatic heterocycles. The number of carbonyl (C=O) groups excluding carboxylic acids is 1. The van der Waals surface area contributed by atoms with Crippen LogP contribution in [0.15, 0.2) is 28.8 Å². The van der Waals surface area contributed by atoms with Gasteiger partial charge < -0.3 is 9.84 Å². The summed E-state index contributed by atoms with van der Waals surface area (Å²) in [6.07, 6.45) is 0. The Morgan fingerprint density at radius 2 is 2.00 bits per heavy atom. The van der Waals surface area contributed by atoms with Crippen molar-refractivity contribution in [3.05, 3.63) is 52.4 Å². The second-order valence-electron chi connectivity index (χ2n) is 4.32. The second-order valence-corrected chi connectivity index (χ2v) is 4.32. The van der Waals surface area contributed by atoms with Gasteiger partial charge in [-0.3, -0.25) is 4.79 Å². The van der Waals surface area contributed by atoms with Crippen LogP contribution < -0.4 is 5.32 Å². The van der Waals surface area contributed by atoms with Crippen LogP contribution in [-0.2, 0) is 6.54 Å². The topological polar surface area (TPSA) is 55.1 Å². The molecule has 0 bridgehead atoms. The lowest BCUT2D eigenvalue weighted by Crippen LogP contribution is -2.24. The van der Waals surface area contributed by atoms with Gasteiger partial charge in [-0.2, -0.15) is 0 Å². The molecular weight excluding hydrogens is 228 g/mol. The third-order valence-corrected chi connectivity index (χ3v) is 3.07. The Kier molecular flexibility index (Phi) is 3.46. The van der Waals surface area contributed by atoms with Crippen molar-refractivity contribution in [2.45, 2.75) is 27.3 Å². The zero-order valence-corrected chi connectivity index (χ0v) is 10.8. The third-order valence-electron chi connectivity index (χ3n) is 3.07. The number of hydrogen-bond donors (Lipinski definition) is 1. The molecule has 0 spiro atoms. The fourth-order valence-corrected chi connectivity index (χ4v) is 1.70. The summed E-state index contributed by atoms with van der Waals surface area (Å²) in [6.45, 7) is 6.14. The molecule has 0 fully saturated rings. The number of aromatic nitrogens is 1. The van der Waals surface area contributed by atoms with Crippen LogP contribution in [0.4, 0.5) is 0 Å². The summed E-state index contributed by atoms with van der Waals surface area (Å²) in [6, 6.07) is 7.95. The first-order chi connectivity index (χ1) is 8.59. The molecular formula is C14H16N2O2. The van der Waals surface area contributed by atoms with Crippen molar-refractivity contribution >= 4 is 5.91 Å². The summed E-state index contributed by atoms with van der Waals surface area (Å²) in [5.74, 6) is 0.476. The monoisotopic (exact) mass is 244 g/mol. The maximum absolute atomic E-state index is 11.9. The van der Waals surface area contributed by atoms with Gasteiger partial charge in [0.25, 0.3) is 5.91 Å². The van der Waals surface area contributed by atoms with Gasteiger partial charge in [-0.15, -0.1) is 0 Å². The average Bonchev–Trinajstić information content (AvgIpc) is 2.69. The predicted molar refractivity (Wildman–Crippen MR) is 68.3 cm³/mol. The molecule has 0 atom stereocenters. The van der Waals surface area contributed by atoms with Gasteiger partial charge in [0.05, 0.1) is 0 Å². The van der Waals surface area contributed by atoms with Crippen LogP contribution in [0.2, 0.25) is 0 Å². The third kappa shape index (κ3) is 2.42. The van der Waals surface area contributed by atoms with Crippen LogP contribution in [0, 0.1) is 20.8 Å². The first kappa shape index (κ1) is 12.4. The number of rotatable bonds is 3. The molecule has 2 aromatic rings. The lowest BCUT2D eigenvalue weighted by Gasteiger charge is -2.06. The van der Waals surface area contributed by atoms with E-state index in [0.29, 0.717) is 18.0 Å². The summed E-state index contributed by atoms with van der Waals surface area (Å²) >= 11 is 0. The van der Waals surface area contributed by atoms with E-state index < -0.39 is 0 Å². The minimum atomic E-state index is -0.201. The van der Waals surface area contributed by atoms with Gasteiger partial charge in [0.1, 0.15) is 5.76 Å². The van der Waals surface area contributed by atoms with Crippen molar-refractivity contribution in [3.8, 4) is 0 Å². The van der Waals surface area contributed by atoms with Crippen LogP contribution in [0.5, 0.6) is 0 Å². The van der Waals surface area contributed by atoms with E-state index in [0.717, 1.165) is 16.7 Å². The number of amides is 1. The Morgan fingerprint density at radius 1 is 1.28 bits per heavy atom. The molecule has 0 aliphatic rings. The second kappa shape index (κ2) is 5.04. The molecule has 0 saturated heterocycles. The summed E-state index contributed by atoms with van der Waals surface area (Å²) in [5.41, 5.74) is 3.41. The molecule has 1 heterocycles. The van der Waals surface area contributed by atoms with E-state index in [1.54, 1.807) is 6.92 Å². The molecule has 0 aliphatic heterocycles. The Labute approximate surface area is 106 Å². The van der Waals surface area contributed by atoms with Gasteiger partial charge in [0, 0.05) is 12.1 Å². The quantitative estimate of drug-likeness (QED) is 0.902. The van der Waals surface area contributed by atoms with Gasteiger partial charge in [0.15, 0.2) is 5.69 Å². The minimum absolute atomic E-state index is 0.201. The summed E-state index contributed by atoms with van der Waals surface area (Å²) < 4.78 is 4.98. The normalized spacial score (nSPS) is 10.4. The highest BCUT2D eigenvalue weighted by atomic mass is 16.5. The Balaban J connectivity index is 2.05. The molecule has 4 nitrogen and oxygen atoms in total. The largest absolute Gasteiger partial charge is 0.361 e. The van der Waals surface area contributed by atoms with Crippen LogP contribution >= 0.6 is 0 Å². The maximum Gasteiger partial charge on any atom is 0.274 e. The van der Waals surface area contributed by atoms with E-state index in [1.807, 2.05) is 38.1 Å². The molecule has 94 valence electrons. The van der Waals surface area contributed by atoms with E-state index >= 15 is 0 Å². The van der Waals surface area contributed by atoms with Crippen LogP contribution in [0.1, 0.15) is 32.9 Å². The predicted octanol–water partition coefficient (Wildman–Crippen LogP) is 2.53. The van der Waals surface area contributed by atoms with E-state index in [1.165, 1.54) is 0 Å². The highest BCUT2D eigenvalue weighted by molar-refractivity contribution is 5.93. The highest BCUT2D eigenvalue weighted by Gasteiger charge is 2.15. The molecule has 0 unspecified atom stereocenters. The lowest BCUT2D eigenvalue weighted by atomic mass is 10.1. The zero-order chi connectivity index (χ0) is 13.1. The molecule has 1 amide bonds. The van der Waals surface area contributed by atoms with Crippen molar-refractivity contribution in [2.75, 3.05) is 0 Å². The smallest absolute Gasteiger partial charge is 0.274 e. The molecule has 1 N–H and O–H groups in total. The van der Waals surface area contributed by atoms with Crippen molar-refractivity contribution in [3.63, 3.8) is 0 Å². The summed E-state index contributed by atoms with van der Waals surface area (Å²) in [7, 11) is 0. The summed E-state index contributed by atoms with van der Waals surface area (Å²) in [5, 5.41) is 6.61. The maximum atomic E-state index is 11.9. The van der Waals surface area contributed by atoms with Gasteiger partial charge >= 0.3 is 0 Å². The fraction of sp³-hybridized carbons (Fsp3) is 0.286. The molecule has 0 saturated carbocycles. The van der Waals surface area contributed by atoms with E-state index in [2.05, 4.69) is 10.5 Å². The fourth-order valence-electron chi connectivity index (χ4n) is 1.70. The van der Waals surface area contributed by atoms with E-state index in [4.69, 9.17) is 4.52 Å². The van der Waals surface area contributed by atoms with Crippen LogP contribution in [-0.4, -0.2) is 11.1 Å². The van der Waals surface area contributed by atoms with Crippen LogP contribution in [0.3, 0.4) is 0 Å². The molecule has 4 heteroatoms. The van der Waals surface area contributed by atoms with Gasteiger partial charge in [0.2, 0.25) is 0 Å². The number of nitrogens with one attached hydrogen (secondary N) is 1. The van der Waals surface area contributed by atoms with Crippen molar-refractivity contribution in [1.82, 2.24) is 10.5 Å². The van der Waals surface area contributed by atoms with Crippen LogP contribution in [0.25, 0.3) is 0 Å². The summed E-state index contributed by atoms with van der Waals surface area (Å²) in [4.78, 5) is 11.9.